The van der Waals surface area contributed by atoms with Gasteiger partial charge < -0.3 is 15.8 Å². The van der Waals surface area contributed by atoms with Crippen molar-refractivity contribution in [1.29, 1.82) is 0 Å². The number of hydrogen-bond donors (Lipinski definition) is 2. The van der Waals surface area contributed by atoms with Crippen molar-refractivity contribution in [3.63, 3.8) is 0 Å². The lowest BCUT2D eigenvalue weighted by molar-refractivity contribution is 0.186. The quantitative estimate of drug-likeness (QED) is 0.675. The van der Waals surface area contributed by atoms with Gasteiger partial charge >= 0.3 is 5.69 Å². The normalized spacial score (nSPS) is 19.7. The highest BCUT2D eigenvalue weighted by molar-refractivity contribution is 7.18. The Balaban J connectivity index is 2.17. The molecule has 8 heteroatoms. The van der Waals surface area contributed by atoms with Crippen molar-refractivity contribution in [2.75, 3.05) is 26.8 Å². The number of fused-ring (bicyclic) bond motifs is 1. The molecule has 1 aliphatic carbocycles. The third-order valence-electron chi connectivity index (χ3n) is 4.87. The maximum Gasteiger partial charge on any atom is 0.332 e. The van der Waals surface area contributed by atoms with Gasteiger partial charge in [-0.3, -0.25) is 13.9 Å². The first kappa shape index (κ1) is 18.3. The van der Waals surface area contributed by atoms with E-state index in [1.807, 2.05) is 6.92 Å². The number of methoxy groups -OCH3 is 1. The topological polar surface area (TPSA) is 91.3 Å². The fourth-order valence-corrected chi connectivity index (χ4v) is 4.50. The molecule has 3 N–H and O–H groups in total. The van der Waals surface area contributed by atoms with Gasteiger partial charge in [0.15, 0.2) is 0 Å². The average molecular weight is 366 g/mol. The van der Waals surface area contributed by atoms with Crippen LogP contribution in [0.4, 0.5) is 0 Å². The van der Waals surface area contributed by atoms with Gasteiger partial charge in [0.1, 0.15) is 4.83 Å². The second-order valence-corrected chi connectivity index (χ2v) is 7.76. The van der Waals surface area contributed by atoms with Crippen LogP contribution < -0.4 is 22.3 Å². The molecule has 2 heterocycles. The van der Waals surface area contributed by atoms with Gasteiger partial charge in [-0.1, -0.05) is 6.92 Å². The Morgan fingerprint density at radius 3 is 2.72 bits per heavy atom. The summed E-state index contributed by atoms with van der Waals surface area (Å²) in [5.41, 5.74) is 6.12. The second-order valence-electron chi connectivity index (χ2n) is 6.68. The molecule has 0 bridgehead atoms. The summed E-state index contributed by atoms with van der Waals surface area (Å²) in [7, 11) is 1.61. The Morgan fingerprint density at radius 2 is 2.12 bits per heavy atom. The minimum atomic E-state index is -0.216. The predicted molar refractivity (Wildman–Crippen MR) is 101 cm³/mol. The minimum absolute atomic E-state index is 0.0244. The Hall–Kier alpha value is -1.48. The van der Waals surface area contributed by atoms with E-state index in [2.05, 4.69) is 12.2 Å². The van der Waals surface area contributed by atoms with E-state index in [1.54, 1.807) is 11.7 Å². The summed E-state index contributed by atoms with van der Waals surface area (Å²) >= 11 is 1.51. The number of thiophene rings is 1. The van der Waals surface area contributed by atoms with Crippen LogP contribution in [-0.2, 0) is 17.8 Å². The highest BCUT2D eigenvalue weighted by Crippen LogP contribution is 2.41. The summed E-state index contributed by atoms with van der Waals surface area (Å²) in [6.45, 7) is 6.85. The van der Waals surface area contributed by atoms with Gasteiger partial charge in [0.25, 0.3) is 5.56 Å². The van der Waals surface area contributed by atoms with Gasteiger partial charge in [-0.2, -0.15) is 0 Å². The molecule has 1 aliphatic rings. The lowest BCUT2D eigenvalue weighted by atomic mass is 10.2. The number of rotatable bonds is 8. The highest BCUT2D eigenvalue weighted by atomic mass is 32.1. The lowest BCUT2D eigenvalue weighted by Gasteiger charge is -2.11. The van der Waals surface area contributed by atoms with E-state index >= 15 is 0 Å². The zero-order chi connectivity index (χ0) is 18.1. The molecular formula is C17H26N4O3S. The third kappa shape index (κ3) is 3.31. The Morgan fingerprint density at radius 1 is 1.40 bits per heavy atom. The minimum Gasteiger partial charge on any atom is -0.383 e. The predicted octanol–water partition coefficient (Wildman–Crippen LogP) is 0.809. The Kier molecular flexibility index (Phi) is 5.43. The standard InChI is InChI=1S/C17H26N4O3S/c1-10-8-12(10)21-15(22)14-11(2)13(9-19-5-4-18)25-16(14)20(17(21)23)6-7-24-3/h10,12,19H,4-9,18H2,1-3H3/t10-,12-/m0/s1. The van der Waals surface area contributed by atoms with Gasteiger partial charge in [0.05, 0.1) is 18.5 Å². The van der Waals surface area contributed by atoms with Crippen LogP contribution in [-0.4, -0.2) is 35.9 Å². The molecule has 3 rings (SSSR count). The van der Waals surface area contributed by atoms with Crippen LogP contribution in [0.25, 0.3) is 10.2 Å². The van der Waals surface area contributed by atoms with Crippen LogP contribution in [0.2, 0.25) is 0 Å². The van der Waals surface area contributed by atoms with Crippen LogP contribution >= 0.6 is 11.3 Å². The molecule has 0 radical (unpaired) electrons. The molecule has 0 aromatic carbocycles. The molecule has 2 aromatic heterocycles. The maximum absolute atomic E-state index is 13.1. The van der Waals surface area contributed by atoms with Crippen molar-refractivity contribution in [2.24, 2.45) is 11.7 Å². The molecule has 138 valence electrons. The third-order valence-corrected chi connectivity index (χ3v) is 6.18. The van der Waals surface area contributed by atoms with E-state index in [-0.39, 0.29) is 17.3 Å². The second kappa shape index (κ2) is 7.41. The van der Waals surface area contributed by atoms with Crippen molar-refractivity contribution >= 4 is 21.6 Å². The van der Waals surface area contributed by atoms with Crippen molar-refractivity contribution in [1.82, 2.24) is 14.5 Å². The van der Waals surface area contributed by atoms with Gasteiger partial charge in [-0.15, -0.1) is 11.3 Å². The smallest absolute Gasteiger partial charge is 0.332 e. The van der Waals surface area contributed by atoms with Crippen LogP contribution in [0.5, 0.6) is 0 Å². The summed E-state index contributed by atoms with van der Waals surface area (Å²) in [5.74, 6) is 0.378. The summed E-state index contributed by atoms with van der Waals surface area (Å²) < 4.78 is 8.33. The molecule has 0 spiro atoms. The summed E-state index contributed by atoms with van der Waals surface area (Å²) in [5, 5.41) is 3.94. The molecule has 1 fully saturated rings. The summed E-state index contributed by atoms with van der Waals surface area (Å²) in [4.78, 5) is 27.8. The maximum atomic E-state index is 13.1. The molecule has 0 saturated heterocycles. The number of nitrogens with two attached hydrogens (primary N) is 1. The van der Waals surface area contributed by atoms with Gasteiger partial charge in [0.2, 0.25) is 0 Å². The van der Waals surface area contributed by atoms with Gasteiger partial charge in [0, 0.05) is 37.7 Å². The first-order valence-electron chi connectivity index (χ1n) is 8.68. The number of ether oxygens (including phenoxy) is 1. The zero-order valence-corrected chi connectivity index (χ0v) is 15.8. The van der Waals surface area contributed by atoms with Crippen molar-refractivity contribution in [3.05, 3.63) is 31.3 Å². The number of aryl methyl sites for hydroxylation is 1. The zero-order valence-electron chi connectivity index (χ0n) is 15.0. The van der Waals surface area contributed by atoms with E-state index in [0.29, 0.717) is 44.1 Å². The first-order valence-corrected chi connectivity index (χ1v) is 9.49. The van der Waals surface area contributed by atoms with Gasteiger partial charge in [-0.25, -0.2) is 4.79 Å². The fourth-order valence-electron chi connectivity index (χ4n) is 3.22. The number of aromatic nitrogens is 2. The molecule has 0 amide bonds. The summed E-state index contributed by atoms with van der Waals surface area (Å²) in [6.07, 6.45) is 0.888. The molecule has 2 aromatic rings. The van der Waals surface area contributed by atoms with Crippen molar-refractivity contribution in [3.8, 4) is 0 Å². The molecule has 1 saturated carbocycles. The molecular weight excluding hydrogens is 340 g/mol. The average Bonchev–Trinajstić information content (AvgIpc) is 3.19. The first-order chi connectivity index (χ1) is 12.0. The molecule has 2 atom stereocenters. The van der Waals surface area contributed by atoms with E-state index in [9.17, 15) is 9.59 Å². The Bertz CT molecular complexity index is 883. The summed E-state index contributed by atoms with van der Waals surface area (Å²) in [6, 6.07) is 0.0244. The molecule has 0 aliphatic heterocycles. The van der Waals surface area contributed by atoms with Gasteiger partial charge in [-0.05, 0) is 24.8 Å². The van der Waals surface area contributed by atoms with Crippen LogP contribution in [0.3, 0.4) is 0 Å². The van der Waals surface area contributed by atoms with Crippen LogP contribution in [0.1, 0.15) is 29.8 Å². The van der Waals surface area contributed by atoms with E-state index in [4.69, 9.17) is 10.5 Å². The largest absolute Gasteiger partial charge is 0.383 e. The fraction of sp³-hybridized carbons (Fsp3) is 0.647. The van der Waals surface area contributed by atoms with Crippen LogP contribution in [0.15, 0.2) is 9.59 Å². The molecule has 7 nitrogen and oxygen atoms in total. The monoisotopic (exact) mass is 366 g/mol. The van der Waals surface area contributed by atoms with E-state index in [1.165, 1.54) is 15.9 Å². The molecule has 25 heavy (non-hydrogen) atoms. The lowest BCUT2D eigenvalue weighted by Crippen LogP contribution is -2.40. The molecule has 0 unspecified atom stereocenters. The Labute approximate surface area is 150 Å². The highest BCUT2D eigenvalue weighted by Gasteiger charge is 2.38. The number of nitrogens with one attached hydrogen (secondary N) is 1. The SMILES string of the molecule is COCCn1c(=O)n([C@H]2C[C@@H]2C)c(=O)c2c(C)c(CNCCN)sc21. The van der Waals surface area contributed by atoms with Crippen LogP contribution in [0, 0.1) is 12.8 Å². The van der Waals surface area contributed by atoms with E-state index in [0.717, 1.165) is 21.7 Å². The number of nitrogens with zero attached hydrogens (tertiary/aromatic N) is 2. The van der Waals surface area contributed by atoms with Crippen molar-refractivity contribution < 1.29 is 4.74 Å². The van der Waals surface area contributed by atoms with E-state index < -0.39 is 0 Å². The van der Waals surface area contributed by atoms with Crippen molar-refractivity contribution in [2.45, 2.75) is 39.4 Å². The number of hydrogen-bond acceptors (Lipinski definition) is 6.